The van der Waals surface area contributed by atoms with Crippen molar-refractivity contribution in [1.82, 2.24) is 0 Å². The van der Waals surface area contributed by atoms with Crippen LogP contribution in [0.5, 0.6) is 0 Å². The van der Waals surface area contributed by atoms with Crippen molar-refractivity contribution in [3.63, 3.8) is 0 Å². The Morgan fingerprint density at radius 3 is 1.83 bits per heavy atom. The van der Waals surface area contributed by atoms with E-state index in [1.807, 2.05) is 30.3 Å². The predicted molar refractivity (Wildman–Crippen MR) is 77.2 cm³/mol. The zero-order valence-corrected chi connectivity index (χ0v) is 12.4. The molecule has 0 saturated carbocycles. The van der Waals surface area contributed by atoms with Gasteiger partial charge in [0, 0.05) is 17.1 Å². The van der Waals surface area contributed by atoms with E-state index in [2.05, 4.69) is 64.5 Å². The Kier molecular flexibility index (Phi) is 6.74. The van der Waals surface area contributed by atoms with Gasteiger partial charge in [-0.2, -0.15) is 24.3 Å². The molecule has 0 unspecified atom stereocenters. The number of rotatable bonds is 1. The van der Waals surface area contributed by atoms with Crippen molar-refractivity contribution >= 4 is 15.9 Å². The molecule has 0 aliphatic heterocycles. The van der Waals surface area contributed by atoms with Gasteiger partial charge in [-0.15, -0.1) is 22.0 Å². The van der Waals surface area contributed by atoms with Crippen LogP contribution >= 0.6 is 15.9 Å². The summed E-state index contributed by atoms with van der Waals surface area (Å²) in [5.41, 5.74) is 2.59. The predicted octanol–water partition coefficient (Wildman–Crippen LogP) is 5.24. The van der Waals surface area contributed by atoms with Crippen LogP contribution in [0.15, 0.2) is 83.3 Å². The van der Waals surface area contributed by atoms with Crippen molar-refractivity contribution < 1.29 is 17.1 Å². The molecular weight excluding hydrogens is 328 g/mol. The molecule has 0 aromatic heterocycles. The maximum Gasteiger partial charge on any atom is 0 e. The summed E-state index contributed by atoms with van der Waals surface area (Å²) >= 11 is 3.28. The molecule has 3 rings (SSSR count). The minimum absolute atomic E-state index is 0. The molecule has 0 bridgehead atoms. The molecule has 18 heavy (non-hydrogen) atoms. The van der Waals surface area contributed by atoms with Crippen LogP contribution in [0.3, 0.4) is 0 Å². The largest absolute Gasteiger partial charge is 0.642 e. The van der Waals surface area contributed by atoms with Crippen LogP contribution in [0.4, 0.5) is 0 Å². The van der Waals surface area contributed by atoms with Crippen molar-refractivity contribution in [1.29, 1.82) is 0 Å². The van der Waals surface area contributed by atoms with E-state index in [-0.39, 0.29) is 17.1 Å². The Balaban J connectivity index is 0.000000199. The molecule has 98 valence electrons. The third kappa shape index (κ3) is 4.66. The van der Waals surface area contributed by atoms with E-state index in [1.54, 1.807) is 0 Å². The Labute approximate surface area is 127 Å². The molecule has 0 saturated heterocycles. The van der Waals surface area contributed by atoms with Crippen molar-refractivity contribution in [2.45, 2.75) is 0 Å². The summed E-state index contributed by atoms with van der Waals surface area (Å²) < 4.78 is 1.16. The summed E-state index contributed by atoms with van der Waals surface area (Å²) in [5.74, 6) is 0. The molecule has 0 aliphatic carbocycles. The summed E-state index contributed by atoms with van der Waals surface area (Å²) in [6, 6.07) is 26.7. The minimum atomic E-state index is 0. The van der Waals surface area contributed by atoms with Crippen molar-refractivity contribution in [3.8, 4) is 11.1 Å². The smallest absolute Gasteiger partial charge is 0 e. The first-order valence-corrected chi connectivity index (χ1v) is 6.30. The van der Waals surface area contributed by atoms with E-state index >= 15 is 0 Å². The Morgan fingerprint density at radius 1 is 0.833 bits per heavy atom. The minimum Gasteiger partial charge on any atom is -0.642 e. The van der Waals surface area contributed by atoms with Gasteiger partial charge in [0.15, 0.2) is 0 Å². The molecule has 0 nitrogen and oxygen atoms in total. The number of benzene rings is 1. The molecule has 0 amide bonds. The SMILES string of the molecule is Br[c-]1cccc1.[Fe].c1ccc(-[c-]2[cH-][cH-][cH-][cH-]2)cc1. The maximum atomic E-state index is 3.28. The molecule has 3 aromatic rings. The monoisotopic (exact) mass is 340 g/mol. The van der Waals surface area contributed by atoms with Crippen LogP contribution in [-0.2, 0) is 17.1 Å². The van der Waals surface area contributed by atoms with Crippen LogP contribution in [0, 0.1) is 0 Å². The Morgan fingerprint density at radius 2 is 1.39 bits per heavy atom. The number of halogens is 1. The van der Waals surface area contributed by atoms with E-state index in [9.17, 15) is 0 Å². The second-order valence-electron chi connectivity index (χ2n) is 3.64. The summed E-state index contributed by atoms with van der Waals surface area (Å²) in [7, 11) is 0. The molecular formula is C16H13BrFe-6. The van der Waals surface area contributed by atoms with E-state index in [0.29, 0.717) is 0 Å². The van der Waals surface area contributed by atoms with Crippen LogP contribution in [0.2, 0.25) is 0 Å². The van der Waals surface area contributed by atoms with Gasteiger partial charge in [0.25, 0.3) is 0 Å². The second-order valence-corrected chi connectivity index (χ2v) is 4.56. The Bertz CT molecular complexity index is 510. The molecule has 2 heteroatoms. The van der Waals surface area contributed by atoms with Crippen LogP contribution in [0.1, 0.15) is 0 Å². The third-order valence-corrected chi connectivity index (χ3v) is 2.92. The van der Waals surface area contributed by atoms with Gasteiger partial charge < -0.3 is 47.5 Å². The summed E-state index contributed by atoms with van der Waals surface area (Å²) in [5, 5.41) is 0. The van der Waals surface area contributed by atoms with E-state index in [1.165, 1.54) is 11.1 Å². The summed E-state index contributed by atoms with van der Waals surface area (Å²) in [6.45, 7) is 0. The zero-order valence-electron chi connectivity index (χ0n) is 9.74. The van der Waals surface area contributed by atoms with Crippen LogP contribution < -0.4 is 0 Å². The van der Waals surface area contributed by atoms with Gasteiger partial charge in [0.1, 0.15) is 0 Å². The average Bonchev–Trinajstić information content (AvgIpc) is 3.03. The fourth-order valence-corrected chi connectivity index (χ4v) is 1.85. The van der Waals surface area contributed by atoms with E-state index in [4.69, 9.17) is 0 Å². The van der Waals surface area contributed by atoms with Crippen LogP contribution in [-0.4, -0.2) is 0 Å². The van der Waals surface area contributed by atoms with E-state index < -0.39 is 0 Å². The molecule has 0 fully saturated rings. The number of hydrogen-bond donors (Lipinski definition) is 0. The van der Waals surface area contributed by atoms with Gasteiger partial charge in [-0.25, -0.2) is 12.1 Å². The maximum absolute atomic E-state index is 3.28. The average molecular weight is 341 g/mol. The van der Waals surface area contributed by atoms with Crippen molar-refractivity contribution in [2.24, 2.45) is 0 Å². The van der Waals surface area contributed by atoms with E-state index in [0.717, 1.165) is 4.47 Å². The molecule has 0 aliphatic rings. The standard InChI is InChI=1S/C11H9.C5H4Br.Fe/c1-2-6-10(7-3-1)11-8-4-5-9-11;6-5-3-1-2-4-5;/h1-9H;1-4H;/q-5;-1;. The van der Waals surface area contributed by atoms with Gasteiger partial charge in [0.05, 0.1) is 0 Å². The normalized spacial score (nSPS) is 8.94. The van der Waals surface area contributed by atoms with Crippen molar-refractivity contribution in [2.75, 3.05) is 0 Å². The quantitative estimate of drug-likeness (QED) is 0.420. The Hall–Kier alpha value is -1.08. The first-order valence-electron chi connectivity index (χ1n) is 5.50. The summed E-state index contributed by atoms with van der Waals surface area (Å²) in [4.78, 5) is 0. The second kappa shape index (κ2) is 8.10. The molecule has 0 spiro atoms. The number of hydrogen-bond acceptors (Lipinski definition) is 0. The third-order valence-electron chi connectivity index (χ3n) is 2.39. The molecule has 0 N–H and O–H groups in total. The summed E-state index contributed by atoms with van der Waals surface area (Å²) in [6.07, 6.45) is 0. The topological polar surface area (TPSA) is 0 Å². The zero-order chi connectivity index (χ0) is 11.9. The fourth-order valence-electron chi connectivity index (χ4n) is 1.55. The van der Waals surface area contributed by atoms with Gasteiger partial charge in [-0.3, -0.25) is 0 Å². The van der Waals surface area contributed by atoms with Gasteiger partial charge in [-0.05, 0) is 0 Å². The molecule has 0 atom stereocenters. The fraction of sp³-hybridized carbons (Fsp3) is 0. The van der Waals surface area contributed by atoms with Gasteiger partial charge >= 0.3 is 0 Å². The van der Waals surface area contributed by atoms with Crippen molar-refractivity contribution in [3.05, 3.63) is 83.3 Å². The van der Waals surface area contributed by atoms with Gasteiger partial charge in [0.2, 0.25) is 0 Å². The molecule has 0 radical (unpaired) electrons. The first-order chi connectivity index (χ1) is 8.36. The van der Waals surface area contributed by atoms with Gasteiger partial charge in [-0.1, -0.05) is 4.47 Å². The molecule has 3 aromatic carbocycles. The molecule has 0 heterocycles. The van der Waals surface area contributed by atoms with Crippen LogP contribution in [0.25, 0.3) is 11.1 Å². The first kappa shape index (κ1) is 15.0.